The number of ether oxygens (including phenoxy) is 2. The van der Waals surface area contributed by atoms with Gasteiger partial charge in [-0.25, -0.2) is 0 Å². The lowest BCUT2D eigenvalue weighted by molar-refractivity contribution is -0.00230. The van der Waals surface area contributed by atoms with Gasteiger partial charge in [-0.2, -0.15) is 4.98 Å². The molecule has 0 N–H and O–H groups in total. The van der Waals surface area contributed by atoms with Crippen LogP contribution in [0.3, 0.4) is 0 Å². The molecular weight excluding hydrogens is 310 g/mol. The molecule has 1 aliphatic rings. The molecule has 0 aliphatic carbocycles. The van der Waals surface area contributed by atoms with Crippen LogP contribution in [0.2, 0.25) is 0 Å². The van der Waals surface area contributed by atoms with E-state index in [1.54, 1.807) is 12.4 Å². The topological polar surface area (TPSA) is 47.5 Å². The SMILES string of the molecule is CC(C)Oc1cncc(N2CC(C)OC(CBr)C2)n1. The second kappa shape index (κ2) is 6.52. The number of hydrogen-bond donors (Lipinski definition) is 0. The number of anilines is 1. The summed E-state index contributed by atoms with van der Waals surface area (Å²) in [6.07, 6.45) is 3.89. The van der Waals surface area contributed by atoms with Crippen molar-refractivity contribution in [3.8, 4) is 5.88 Å². The number of halogens is 1. The zero-order valence-electron chi connectivity index (χ0n) is 11.5. The monoisotopic (exact) mass is 329 g/mol. The smallest absolute Gasteiger partial charge is 0.234 e. The Morgan fingerprint density at radius 1 is 1.47 bits per heavy atom. The van der Waals surface area contributed by atoms with E-state index in [-0.39, 0.29) is 18.3 Å². The van der Waals surface area contributed by atoms with E-state index in [2.05, 4.69) is 37.7 Å². The third-order valence-electron chi connectivity index (χ3n) is 2.78. The molecule has 1 aromatic heterocycles. The molecule has 106 valence electrons. The Balaban J connectivity index is 2.11. The standard InChI is InChI=1S/C13H20BrN3O2/c1-9(2)18-13-6-15-5-12(16-13)17-7-10(3)19-11(4-14)8-17/h5-6,9-11H,4,7-8H2,1-3H3. The zero-order chi connectivity index (χ0) is 13.8. The molecule has 2 unspecified atom stereocenters. The van der Waals surface area contributed by atoms with Crippen molar-refractivity contribution in [2.75, 3.05) is 23.3 Å². The van der Waals surface area contributed by atoms with Crippen LogP contribution in [-0.4, -0.2) is 46.7 Å². The molecule has 0 amide bonds. The molecule has 0 bridgehead atoms. The number of nitrogens with zero attached hydrogens (tertiary/aromatic N) is 3. The van der Waals surface area contributed by atoms with Crippen LogP contribution in [0.1, 0.15) is 20.8 Å². The maximum absolute atomic E-state index is 5.81. The van der Waals surface area contributed by atoms with Crippen molar-refractivity contribution in [1.82, 2.24) is 9.97 Å². The first-order valence-electron chi connectivity index (χ1n) is 6.53. The normalized spacial score (nSPS) is 23.7. The minimum Gasteiger partial charge on any atom is -0.474 e. The van der Waals surface area contributed by atoms with Crippen LogP contribution in [0.15, 0.2) is 12.4 Å². The molecular formula is C13H20BrN3O2. The highest BCUT2D eigenvalue weighted by molar-refractivity contribution is 9.09. The van der Waals surface area contributed by atoms with Crippen LogP contribution >= 0.6 is 15.9 Å². The van der Waals surface area contributed by atoms with Gasteiger partial charge in [0.05, 0.1) is 30.7 Å². The van der Waals surface area contributed by atoms with Gasteiger partial charge in [0.15, 0.2) is 5.82 Å². The van der Waals surface area contributed by atoms with Crippen LogP contribution in [-0.2, 0) is 4.74 Å². The molecule has 2 heterocycles. The van der Waals surface area contributed by atoms with E-state index in [0.717, 1.165) is 24.2 Å². The third kappa shape index (κ3) is 4.04. The molecule has 0 aromatic carbocycles. The van der Waals surface area contributed by atoms with Crippen molar-refractivity contribution < 1.29 is 9.47 Å². The first-order chi connectivity index (χ1) is 9.08. The Hall–Kier alpha value is -0.880. The molecule has 0 radical (unpaired) electrons. The van der Waals surface area contributed by atoms with Crippen LogP contribution in [0.4, 0.5) is 5.82 Å². The highest BCUT2D eigenvalue weighted by Crippen LogP contribution is 2.20. The van der Waals surface area contributed by atoms with Gasteiger partial charge in [0.1, 0.15) is 0 Å². The van der Waals surface area contributed by atoms with Crippen LogP contribution in [0.5, 0.6) is 5.88 Å². The number of morpholine rings is 1. The summed E-state index contributed by atoms with van der Waals surface area (Å²) in [4.78, 5) is 10.9. The summed E-state index contributed by atoms with van der Waals surface area (Å²) in [5.74, 6) is 1.42. The van der Waals surface area contributed by atoms with Gasteiger partial charge in [-0.3, -0.25) is 4.98 Å². The van der Waals surface area contributed by atoms with Gasteiger partial charge in [0, 0.05) is 18.4 Å². The Bertz CT molecular complexity index is 417. The largest absolute Gasteiger partial charge is 0.474 e. The summed E-state index contributed by atoms with van der Waals surface area (Å²) < 4.78 is 11.4. The average molecular weight is 330 g/mol. The van der Waals surface area contributed by atoms with Crippen LogP contribution in [0.25, 0.3) is 0 Å². The van der Waals surface area contributed by atoms with Gasteiger partial charge in [-0.05, 0) is 20.8 Å². The zero-order valence-corrected chi connectivity index (χ0v) is 13.1. The minimum absolute atomic E-state index is 0.100. The van der Waals surface area contributed by atoms with Gasteiger partial charge in [0.25, 0.3) is 0 Å². The first kappa shape index (κ1) is 14.5. The Kier molecular flexibility index (Phi) is 4.99. The maximum Gasteiger partial charge on any atom is 0.234 e. The fourth-order valence-electron chi connectivity index (χ4n) is 2.11. The fraction of sp³-hybridized carbons (Fsp3) is 0.692. The quantitative estimate of drug-likeness (QED) is 0.793. The maximum atomic E-state index is 5.81. The fourth-order valence-corrected chi connectivity index (χ4v) is 2.46. The molecule has 2 rings (SSSR count). The number of alkyl halides is 1. The second-order valence-corrected chi connectivity index (χ2v) is 5.66. The van der Waals surface area contributed by atoms with Gasteiger partial charge in [-0.1, -0.05) is 15.9 Å². The third-order valence-corrected chi connectivity index (χ3v) is 3.50. The van der Waals surface area contributed by atoms with Crippen molar-refractivity contribution >= 4 is 21.7 Å². The highest BCUT2D eigenvalue weighted by Gasteiger charge is 2.25. The molecule has 5 nitrogen and oxygen atoms in total. The lowest BCUT2D eigenvalue weighted by atomic mass is 10.2. The predicted octanol–water partition coefficient (Wildman–Crippen LogP) is 2.25. The second-order valence-electron chi connectivity index (χ2n) is 5.01. The van der Waals surface area contributed by atoms with E-state index in [1.807, 2.05) is 13.8 Å². The summed E-state index contributed by atoms with van der Waals surface area (Å²) in [5.41, 5.74) is 0. The molecule has 19 heavy (non-hydrogen) atoms. The van der Waals surface area contributed by atoms with Gasteiger partial charge >= 0.3 is 0 Å². The summed E-state index contributed by atoms with van der Waals surface area (Å²) >= 11 is 3.47. The summed E-state index contributed by atoms with van der Waals surface area (Å²) in [6, 6.07) is 0. The number of hydrogen-bond acceptors (Lipinski definition) is 5. The van der Waals surface area contributed by atoms with Crippen molar-refractivity contribution in [3.05, 3.63) is 12.4 Å². The number of rotatable bonds is 4. The number of aromatic nitrogens is 2. The summed E-state index contributed by atoms with van der Waals surface area (Å²) in [7, 11) is 0. The lowest BCUT2D eigenvalue weighted by Crippen LogP contribution is -2.47. The summed E-state index contributed by atoms with van der Waals surface area (Å²) in [6.45, 7) is 7.67. The highest BCUT2D eigenvalue weighted by atomic mass is 79.9. The molecule has 0 saturated carbocycles. The van der Waals surface area contributed by atoms with Crippen LogP contribution < -0.4 is 9.64 Å². The van der Waals surface area contributed by atoms with E-state index in [0.29, 0.717) is 5.88 Å². The first-order valence-corrected chi connectivity index (χ1v) is 7.65. The van der Waals surface area contributed by atoms with E-state index >= 15 is 0 Å². The van der Waals surface area contributed by atoms with Crippen molar-refractivity contribution in [2.45, 2.75) is 39.1 Å². The Morgan fingerprint density at radius 3 is 2.95 bits per heavy atom. The molecule has 1 fully saturated rings. The van der Waals surface area contributed by atoms with Gasteiger partial charge in [-0.15, -0.1) is 0 Å². The van der Waals surface area contributed by atoms with Crippen molar-refractivity contribution in [3.63, 3.8) is 0 Å². The molecule has 0 spiro atoms. The van der Waals surface area contributed by atoms with E-state index in [4.69, 9.17) is 9.47 Å². The van der Waals surface area contributed by atoms with Crippen molar-refractivity contribution in [1.29, 1.82) is 0 Å². The average Bonchev–Trinajstić information content (AvgIpc) is 2.37. The molecule has 6 heteroatoms. The van der Waals surface area contributed by atoms with Crippen LogP contribution in [0, 0.1) is 0 Å². The minimum atomic E-state index is 0.100. The van der Waals surface area contributed by atoms with Gasteiger partial charge < -0.3 is 14.4 Å². The Labute approximate surface area is 122 Å². The predicted molar refractivity (Wildman–Crippen MR) is 78.1 cm³/mol. The molecule has 1 aromatic rings. The van der Waals surface area contributed by atoms with E-state index in [9.17, 15) is 0 Å². The molecule has 2 atom stereocenters. The Morgan fingerprint density at radius 2 is 2.26 bits per heavy atom. The summed E-state index contributed by atoms with van der Waals surface area (Å²) in [5, 5.41) is 0.823. The van der Waals surface area contributed by atoms with Crippen molar-refractivity contribution in [2.24, 2.45) is 0 Å². The van der Waals surface area contributed by atoms with E-state index in [1.165, 1.54) is 0 Å². The molecule has 1 aliphatic heterocycles. The lowest BCUT2D eigenvalue weighted by Gasteiger charge is -2.36. The van der Waals surface area contributed by atoms with E-state index < -0.39 is 0 Å². The molecule has 1 saturated heterocycles. The van der Waals surface area contributed by atoms with Gasteiger partial charge in [0.2, 0.25) is 5.88 Å².